The summed E-state index contributed by atoms with van der Waals surface area (Å²) < 4.78 is 13.2. The van der Waals surface area contributed by atoms with Gasteiger partial charge >= 0.3 is 0 Å². The van der Waals surface area contributed by atoms with Crippen LogP contribution in [0.2, 0.25) is 0 Å². The molecule has 0 radical (unpaired) electrons. The number of benzene rings is 1. The first-order chi connectivity index (χ1) is 8.04. The maximum atomic E-state index is 13.2. The third-order valence-electron chi connectivity index (χ3n) is 2.93. The van der Waals surface area contributed by atoms with Gasteiger partial charge in [-0.1, -0.05) is 6.07 Å². The van der Waals surface area contributed by atoms with Crippen LogP contribution in [0, 0.1) is 24.1 Å². The molecule has 1 aromatic rings. The monoisotopic (exact) mass is 234 g/mol. The second-order valence-electron chi connectivity index (χ2n) is 4.54. The van der Waals surface area contributed by atoms with E-state index in [1.165, 1.54) is 6.07 Å². The Balaban J connectivity index is 2.78. The minimum atomic E-state index is -0.199. The van der Waals surface area contributed by atoms with Gasteiger partial charge in [-0.05, 0) is 44.0 Å². The highest BCUT2D eigenvalue weighted by atomic mass is 19.1. The van der Waals surface area contributed by atoms with Gasteiger partial charge in [0, 0.05) is 25.6 Å². The fourth-order valence-corrected chi connectivity index (χ4v) is 1.74. The van der Waals surface area contributed by atoms with Gasteiger partial charge in [-0.15, -0.1) is 0 Å². The fraction of sp³-hybridized carbons (Fsp3) is 0.500. The van der Waals surface area contributed by atoms with Crippen LogP contribution in [-0.4, -0.2) is 17.5 Å². The molecule has 0 unspecified atom stereocenters. The normalized spacial score (nSPS) is 10.9. The van der Waals surface area contributed by atoms with Crippen molar-refractivity contribution in [2.75, 3.05) is 6.54 Å². The predicted molar refractivity (Wildman–Crippen MR) is 66.9 cm³/mol. The molecule has 0 heterocycles. The molecule has 0 aliphatic heterocycles. The van der Waals surface area contributed by atoms with Crippen molar-refractivity contribution in [1.29, 1.82) is 5.26 Å². The van der Waals surface area contributed by atoms with Crippen LogP contribution in [0.4, 0.5) is 4.39 Å². The molecule has 17 heavy (non-hydrogen) atoms. The smallest absolute Gasteiger partial charge is 0.123 e. The van der Waals surface area contributed by atoms with Crippen LogP contribution < -0.4 is 0 Å². The third-order valence-corrected chi connectivity index (χ3v) is 2.93. The summed E-state index contributed by atoms with van der Waals surface area (Å²) in [6.07, 6.45) is 0.506. The van der Waals surface area contributed by atoms with Gasteiger partial charge in [-0.2, -0.15) is 5.26 Å². The topological polar surface area (TPSA) is 27.0 Å². The summed E-state index contributed by atoms with van der Waals surface area (Å²) in [6.45, 7) is 7.59. The van der Waals surface area contributed by atoms with E-state index in [1.54, 1.807) is 12.1 Å². The molecule has 0 aliphatic carbocycles. The highest BCUT2D eigenvalue weighted by Crippen LogP contribution is 2.14. The van der Waals surface area contributed by atoms with Crippen molar-refractivity contribution >= 4 is 0 Å². The standard InChI is InChI=1S/C14H19FN2/c1-11(2)17(8-4-7-16)10-13-9-14(15)6-5-12(13)3/h5-6,9,11H,4,8,10H2,1-3H3. The molecular weight excluding hydrogens is 215 g/mol. The van der Waals surface area contributed by atoms with Crippen LogP contribution in [0.3, 0.4) is 0 Å². The van der Waals surface area contributed by atoms with Crippen LogP contribution in [0.1, 0.15) is 31.4 Å². The molecule has 0 spiro atoms. The van der Waals surface area contributed by atoms with E-state index in [9.17, 15) is 4.39 Å². The van der Waals surface area contributed by atoms with Crippen LogP contribution in [0.25, 0.3) is 0 Å². The van der Waals surface area contributed by atoms with Gasteiger partial charge in [0.2, 0.25) is 0 Å². The van der Waals surface area contributed by atoms with Gasteiger partial charge in [0.1, 0.15) is 5.82 Å². The highest BCUT2D eigenvalue weighted by molar-refractivity contribution is 5.26. The molecule has 0 bridgehead atoms. The summed E-state index contributed by atoms with van der Waals surface area (Å²) in [7, 11) is 0. The SMILES string of the molecule is Cc1ccc(F)cc1CN(CCC#N)C(C)C. The maximum absolute atomic E-state index is 13.2. The molecule has 0 N–H and O–H groups in total. The quantitative estimate of drug-likeness (QED) is 0.782. The Morgan fingerprint density at radius 1 is 1.41 bits per heavy atom. The highest BCUT2D eigenvalue weighted by Gasteiger charge is 2.11. The Morgan fingerprint density at radius 3 is 2.71 bits per heavy atom. The Hall–Kier alpha value is -1.40. The lowest BCUT2D eigenvalue weighted by Gasteiger charge is -2.26. The Bertz CT molecular complexity index is 407. The second kappa shape index (κ2) is 6.36. The second-order valence-corrected chi connectivity index (χ2v) is 4.54. The predicted octanol–water partition coefficient (Wildman–Crippen LogP) is 3.26. The van der Waals surface area contributed by atoms with E-state index >= 15 is 0 Å². The summed E-state index contributed by atoms with van der Waals surface area (Å²) in [4.78, 5) is 2.19. The largest absolute Gasteiger partial charge is 0.296 e. The zero-order valence-corrected chi connectivity index (χ0v) is 10.7. The van der Waals surface area contributed by atoms with E-state index in [2.05, 4.69) is 24.8 Å². The van der Waals surface area contributed by atoms with Gasteiger partial charge in [0.05, 0.1) is 6.07 Å². The molecule has 1 rings (SSSR count). The van der Waals surface area contributed by atoms with Crippen molar-refractivity contribution in [2.24, 2.45) is 0 Å². The summed E-state index contributed by atoms with van der Waals surface area (Å²) in [5, 5.41) is 8.63. The first kappa shape index (κ1) is 13.7. The molecule has 2 nitrogen and oxygen atoms in total. The number of rotatable bonds is 5. The third kappa shape index (κ3) is 4.16. The summed E-state index contributed by atoms with van der Waals surface area (Å²) in [6, 6.07) is 7.36. The fourth-order valence-electron chi connectivity index (χ4n) is 1.74. The van der Waals surface area contributed by atoms with Gasteiger partial charge in [-0.3, -0.25) is 4.90 Å². The van der Waals surface area contributed by atoms with Crippen molar-refractivity contribution in [2.45, 2.75) is 39.8 Å². The summed E-state index contributed by atoms with van der Waals surface area (Å²) in [5.74, 6) is -0.199. The summed E-state index contributed by atoms with van der Waals surface area (Å²) >= 11 is 0. The van der Waals surface area contributed by atoms with Crippen molar-refractivity contribution in [3.63, 3.8) is 0 Å². The van der Waals surface area contributed by atoms with Crippen molar-refractivity contribution in [3.8, 4) is 6.07 Å². The lowest BCUT2D eigenvalue weighted by Crippen LogP contribution is -2.31. The van der Waals surface area contributed by atoms with E-state index in [1.807, 2.05) is 6.92 Å². The Morgan fingerprint density at radius 2 is 2.12 bits per heavy atom. The molecule has 0 aliphatic rings. The number of nitrogens with zero attached hydrogens (tertiary/aromatic N) is 2. The van der Waals surface area contributed by atoms with Crippen LogP contribution in [0.5, 0.6) is 0 Å². The van der Waals surface area contributed by atoms with E-state index in [0.29, 0.717) is 19.0 Å². The maximum Gasteiger partial charge on any atom is 0.123 e. The van der Waals surface area contributed by atoms with Gasteiger partial charge in [0.25, 0.3) is 0 Å². The first-order valence-corrected chi connectivity index (χ1v) is 5.90. The summed E-state index contributed by atoms with van der Waals surface area (Å²) in [5.41, 5.74) is 2.09. The molecule has 1 aromatic carbocycles. The molecular formula is C14H19FN2. The average Bonchev–Trinajstić information content (AvgIpc) is 2.28. The van der Waals surface area contributed by atoms with Gasteiger partial charge in [0.15, 0.2) is 0 Å². The zero-order valence-electron chi connectivity index (χ0n) is 10.7. The number of hydrogen-bond acceptors (Lipinski definition) is 2. The minimum Gasteiger partial charge on any atom is -0.296 e. The van der Waals surface area contributed by atoms with E-state index in [-0.39, 0.29) is 5.82 Å². The molecule has 92 valence electrons. The molecule has 0 atom stereocenters. The molecule has 3 heteroatoms. The number of hydrogen-bond donors (Lipinski definition) is 0. The van der Waals surface area contributed by atoms with Crippen molar-refractivity contribution < 1.29 is 4.39 Å². The van der Waals surface area contributed by atoms with Crippen LogP contribution in [0.15, 0.2) is 18.2 Å². The van der Waals surface area contributed by atoms with Crippen LogP contribution in [-0.2, 0) is 6.54 Å². The lowest BCUT2D eigenvalue weighted by atomic mass is 10.1. The average molecular weight is 234 g/mol. The lowest BCUT2D eigenvalue weighted by molar-refractivity contribution is 0.217. The van der Waals surface area contributed by atoms with E-state index in [0.717, 1.165) is 17.7 Å². The molecule has 0 saturated carbocycles. The van der Waals surface area contributed by atoms with E-state index < -0.39 is 0 Å². The van der Waals surface area contributed by atoms with Crippen molar-refractivity contribution in [1.82, 2.24) is 4.90 Å². The van der Waals surface area contributed by atoms with E-state index in [4.69, 9.17) is 5.26 Å². The van der Waals surface area contributed by atoms with Crippen LogP contribution >= 0.6 is 0 Å². The first-order valence-electron chi connectivity index (χ1n) is 5.90. The van der Waals surface area contributed by atoms with Crippen molar-refractivity contribution in [3.05, 3.63) is 35.1 Å². The Kier molecular flexibility index (Phi) is 5.11. The van der Waals surface area contributed by atoms with Gasteiger partial charge < -0.3 is 0 Å². The molecule has 0 aromatic heterocycles. The van der Waals surface area contributed by atoms with Gasteiger partial charge in [-0.25, -0.2) is 4.39 Å². The molecule has 0 fully saturated rings. The molecule has 0 saturated heterocycles. The minimum absolute atomic E-state index is 0.199. The number of nitriles is 1. The Labute approximate surface area is 103 Å². The zero-order chi connectivity index (χ0) is 12.8. The molecule has 0 amide bonds. The number of halogens is 1. The number of aryl methyl sites for hydroxylation is 1.